The van der Waals surface area contributed by atoms with Crippen LogP contribution in [-0.2, 0) is 11.3 Å². The number of piperazine rings is 1. The summed E-state index contributed by atoms with van der Waals surface area (Å²) in [6.07, 6.45) is 5.83. The lowest BCUT2D eigenvalue weighted by atomic mass is 10.2. The summed E-state index contributed by atoms with van der Waals surface area (Å²) < 4.78 is 0. The Balaban J connectivity index is 1.80. The van der Waals surface area contributed by atoms with Gasteiger partial charge in [-0.1, -0.05) is 25.8 Å². The number of carbonyl (C=O) groups excluding carboxylic acids is 1. The summed E-state index contributed by atoms with van der Waals surface area (Å²) in [5, 5.41) is 0. The summed E-state index contributed by atoms with van der Waals surface area (Å²) in [7, 11) is 0. The SMILES string of the molecule is CCCCCC(=O)N1CCN(c2ccc(CN)cn2)CC1. The van der Waals surface area contributed by atoms with Gasteiger partial charge in [-0.2, -0.15) is 0 Å². The molecule has 0 saturated carbocycles. The quantitative estimate of drug-likeness (QED) is 0.811. The highest BCUT2D eigenvalue weighted by molar-refractivity contribution is 5.76. The van der Waals surface area contributed by atoms with Crippen molar-refractivity contribution in [3.8, 4) is 0 Å². The first-order valence-electron chi connectivity index (χ1n) is 7.92. The number of hydrogen-bond acceptors (Lipinski definition) is 4. The predicted octanol–water partition coefficient (Wildman–Crippen LogP) is 1.77. The highest BCUT2D eigenvalue weighted by Crippen LogP contribution is 2.15. The van der Waals surface area contributed by atoms with Crippen molar-refractivity contribution in [1.82, 2.24) is 9.88 Å². The monoisotopic (exact) mass is 290 g/mol. The Bertz CT molecular complexity index is 438. The van der Waals surface area contributed by atoms with Gasteiger partial charge in [0, 0.05) is 45.3 Å². The van der Waals surface area contributed by atoms with Crippen LogP contribution in [0, 0.1) is 0 Å². The third kappa shape index (κ3) is 4.43. The topological polar surface area (TPSA) is 62.5 Å². The number of pyridine rings is 1. The van der Waals surface area contributed by atoms with Gasteiger partial charge in [-0.25, -0.2) is 4.98 Å². The summed E-state index contributed by atoms with van der Waals surface area (Å²) in [5.74, 6) is 1.28. The maximum absolute atomic E-state index is 12.1. The lowest BCUT2D eigenvalue weighted by molar-refractivity contribution is -0.131. The summed E-state index contributed by atoms with van der Waals surface area (Å²) >= 11 is 0. The van der Waals surface area contributed by atoms with E-state index in [9.17, 15) is 4.79 Å². The second-order valence-electron chi connectivity index (χ2n) is 5.55. The van der Waals surface area contributed by atoms with Gasteiger partial charge >= 0.3 is 0 Å². The average Bonchev–Trinajstić information content (AvgIpc) is 2.55. The van der Waals surface area contributed by atoms with Crippen molar-refractivity contribution >= 4 is 11.7 Å². The van der Waals surface area contributed by atoms with Crippen LogP contribution < -0.4 is 10.6 Å². The molecule has 0 aliphatic carbocycles. The maximum Gasteiger partial charge on any atom is 0.222 e. The summed E-state index contributed by atoms with van der Waals surface area (Å²) in [5.41, 5.74) is 6.63. The summed E-state index contributed by atoms with van der Waals surface area (Å²) in [6, 6.07) is 4.03. The van der Waals surface area contributed by atoms with Crippen LogP contribution in [0.1, 0.15) is 38.2 Å². The van der Waals surface area contributed by atoms with E-state index in [4.69, 9.17) is 5.73 Å². The molecule has 1 aromatic heterocycles. The van der Waals surface area contributed by atoms with Gasteiger partial charge in [-0.3, -0.25) is 4.79 Å². The van der Waals surface area contributed by atoms with E-state index in [0.29, 0.717) is 18.9 Å². The molecular weight excluding hydrogens is 264 g/mol. The van der Waals surface area contributed by atoms with E-state index >= 15 is 0 Å². The van der Waals surface area contributed by atoms with Gasteiger partial charge in [0.1, 0.15) is 5.82 Å². The fraction of sp³-hybridized carbons (Fsp3) is 0.625. The van der Waals surface area contributed by atoms with Gasteiger partial charge in [0.05, 0.1) is 0 Å². The Morgan fingerprint density at radius 3 is 2.57 bits per heavy atom. The minimum Gasteiger partial charge on any atom is -0.353 e. The first-order chi connectivity index (χ1) is 10.2. The molecule has 1 aliphatic heterocycles. The highest BCUT2D eigenvalue weighted by atomic mass is 16.2. The van der Waals surface area contributed by atoms with E-state index in [1.54, 1.807) is 0 Å². The van der Waals surface area contributed by atoms with Gasteiger partial charge in [-0.05, 0) is 18.1 Å². The van der Waals surface area contributed by atoms with Gasteiger partial charge in [0.2, 0.25) is 5.91 Å². The maximum atomic E-state index is 12.1. The number of rotatable bonds is 6. The summed E-state index contributed by atoms with van der Waals surface area (Å²) in [4.78, 5) is 20.7. The lowest BCUT2D eigenvalue weighted by Gasteiger charge is -2.35. The van der Waals surface area contributed by atoms with Crippen LogP contribution in [0.25, 0.3) is 0 Å². The molecule has 5 heteroatoms. The molecule has 1 aromatic rings. The van der Waals surface area contributed by atoms with Crippen LogP contribution in [0.4, 0.5) is 5.82 Å². The van der Waals surface area contributed by atoms with Crippen molar-refractivity contribution in [3.05, 3.63) is 23.9 Å². The van der Waals surface area contributed by atoms with Crippen LogP contribution in [0.2, 0.25) is 0 Å². The molecule has 0 unspecified atom stereocenters. The molecule has 2 rings (SSSR count). The van der Waals surface area contributed by atoms with E-state index in [-0.39, 0.29) is 0 Å². The molecule has 0 aromatic carbocycles. The third-order valence-corrected chi connectivity index (χ3v) is 4.00. The number of nitrogens with zero attached hydrogens (tertiary/aromatic N) is 3. The second kappa shape index (κ2) is 7.98. The van der Waals surface area contributed by atoms with Gasteiger partial charge in [0.25, 0.3) is 0 Å². The average molecular weight is 290 g/mol. The van der Waals surface area contributed by atoms with Crippen molar-refractivity contribution in [2.45, 2.75) is 39.2 Å². The minimum absolute atomic E-state index is 0.300. The number of carbonyl (C=O) groups is 1. The smallest absolute Gasteiger partial charge is 0.222 e. The third-order valence-electron chi connectivity index (χ3n) is 4.00. The first-order valence-corrected chi connectivity index (χ1v) is 7.92. The van der Waals surface area contributed by atoms with E-state index in [0.717, 1.165) is 56.8 Å². The molecule has 1 aliphatic rings. The number of anilines is 1. The zero-order chi connectivity index (χ0) is 15.1. The Hall–Kier alpha value is -1.62. The first kappa shape index (κ1) is 15.8. The zero-order valence-electron chi connectivity index (χ0n) is 12.9. The molecule has 2 heterocycles. The fourth-order valence-corrected chi connectivity index (χ4v) is 2.59. The molecule has 116 valence electrons. The van der Waals surface area contributed by atoms with Crippen LogP contribution in [0.5, 0.6) is 0 Å². The highest BCUT2D eigenvalue weighted by Gasteiger charge is 2.21. The molecule has 0 atom stereocenters. The second-order valence-corrected chi connectivity index (χ2v) is 5.55. The predicted molar refractivity (Wildman–Crippen MR) is 85.1 cm³/mol. The van der Waals surface area contributed by atoms with Crippen LogP contribution in [0.3, 0.4) is 0 Å². The van der Waals surface area contributed by atoms with Crippen molar-refractivity contribution in [2.75, 3.05) is 31.1 Å². The molecule has 2 N–H and O–H groups in total. The molecule has 0 spiro atoms. The van der Waals surface area contributed by atoms with E-state index in [1.165, 1.54) is 0 Å². The van der Waals surface area contributed by atoms with E-state index in [2.05, 4.69) is 16.8 Å². The van der Waals surface area contributed by atoms with Crippen molar-refractivity contribution < 1.29 is 4.79 Å². The van der Waals surface area contributed by atoms with Crippen molar-refractivity contribution in [1.29, 1.82) is 0 Å². The number of unbranched alkanes of at least 4 members (excludes halogenated alkanes) is 2. The number of amides is 1. The molecule has 21 heavy (non-hydrogen) atoms. The van der Waals surface area contributed by atoms with Crippen LogP contribution in [-0.4, -0.2) is 42.0 Å². The Morgan fingerprint density at radius 1 is 1.24 bits per heavy atom. The van der Waals surface area contributed by atoms with E-state index < -0.39 is 0 Å². The molecule has 0 bridgehead atoms. The number of nitrogens with two attached hydrogens (primary N) is 1. The Morgan fingerprint density at radius 2 is 2.00 bits per heavy atom. The van der Waals surface area contributed by atoms with Crippen molar-refractivity contribution in [2.24, 2.45) is 5.73 Å². The largest absolute Gasteiger partial charge is 0.353 e. The number of hydrogen-bond donors (Lipinski definition) is 1. The fourth-order valence-electron chi connectivity index (χ4n) is 2.59. The minimum atomic E-state index is 0.300. The van der Waals surface area contributed by atoms with Crippen molar-refractivity contribution in [3.63, 3.8) is 0 Å². The molecule has 1 fully saturated rings. The van der Waals surface area contributed by atoms with Gasteiger partial charge in [0.15, 0.2) is 0 Å². The standard InChI is InChI=1S/C16H26N4O/c1-2-3-4-5-16(21)20-10-8-19(9-11-20)15-7-6-14(12-17)13-18-15/h6-7,13H,2-5,8-12,17H2,1H3. The Kier molecular flexibility index (Phi) is 5.99. The molecular formula is C16H26N4O. The van der Waals surface area contributed by atoms with Gasteiger partial charge in [-0.15, -0.1) is 0 Å². The molecule has 5 nitrogen and oxygen atoms in total. The molecule has 0 radical (unpaired) electrons. The lowest BCUT2D eigenvalue weighted by Crippen LogP contribution is -2.49. The number of aromatic nitrogens is 1. The summed E-state index contributed by atoms with van der Waals surface area (Å²) in [6.45, 7) is 5.99. The molecule has 1 saturated heterocycles. The zero-order valence-corrected chi connectivity index (χ0v) is 12.9. The van der Waals surface area contributed by atoms with E-state index in [1.807, 2.05) is 23.2 Å². The van der Waals surface area contributed by atoms with Gasteiger partial charge < -0.3 is 15.5 Å². The normalized spacial score (nSPS) is 15.3. The van der Waals surface area contributed by atoms with Crippen LogP contribution in [0.15, 0.2) is 18.3 Å². The Labute approximate surface area is 127 Å². The molecule has 1 amide bonds. The van der Waals surface area contributed by atoms with Crippen LogP contribution >= 0.6 is 0 Å².